The molecule has 2 aliphatic rings. The standard InChI is InChI=1S/C10H15F3N2O3S/c1-3-4-8(19-9(14-2)15-4)18-6(5(3)16)7(17)10(11,12)13/h3-8,16-17H,1-2H3,(H,14,15)/t3-,4+,5-,6-,7-,8+/m0/s1. The number of aliphatic imine (C=N–C) groups is 1. The number of alkyl halides is 3. The summed E-state index contributed by atoms with van der Waals surface area (Å²) in [4.78, 5) is 4.24. The fourth-order valence-electron chi connectivity index (χ4n) is 2.19. The number of halogens is 3. The lowest BCUT2D eigenvalue weighted by Crippen LogP contribution is -2.57. The van der Waals surface area contributed by atoms with E-state index in [1.807, 2.05) is 0 Å². The Bertz CT molecular complexity index is 380. The summed E-state index contributed by atoms with van der Waals surface area (Å²) in [5.74, 6) is -0.529. The topological polar surface area (TPSA) is 74.1 Å². The number of fused-ring (bicyclic) bond motifs is 1. The van der Waals surface area contributed by atoms with Gasteiger partial charge in [0.2, 0.25) is 0 Å². The molecule has 2 aliphatic heterocycles. The van der Waals surface area contributed by atoms with Gasteiger partial charge in [-0.1, -0.05) is 18.7 Å². The summed E-state index contributed by atoms with van der Waals surface area (Å²) in [6.07, 6.45) is -10.6. The van der Waals surface area contributed by atoms with Crippen LogP contribution in [0.2, 0.25) is 0 Å². The van der Waals surface area contributed by atoms with E-state index in [-0.39, 0.29) is 0 Å². The van der Waals surface area contributed by atoms with Gasteiger partial charge in [-0.15, -0.1) is 0 Å². The molecule has 0 unspecified atom stereocenters. The maximum absolute atomic E-state index is 12.5. The first kappa shape index (κ1) is 14.9. The fraction of sp³-hybridized carbons (Fsp3) is 0.900. The first-order valence-corrected chi connectivity index (χ1v) is 6.64. The van der Waals surface area contributed by atoms with Crippen LogP contribution in [0.3, 0.4) is 0 Å². The van der Waals surface area contributed by atoms with Gasteiger partial charge in [-0.05, 0) is 0 Å². The number of nitrogens with zero attached hydrogens (tertiary/aromatic N) is 1. The molecule has 0 aliphatic carbocycles. The average molecular weight is 300 g/mol. The van der Waals surface area contributed by atoms with Gasteiger partial charge in [-0.2, -0.15) is 13.2 Å². The Morgan fingerprint density at radius 3 is 2.63 bits per heavy atom. The quantitative estimate of drug-likeness (QED) is 0.650. The molecule has 2 rings (SSSR count). The van der Waals surface area contributed by atoms with E-state index >= 15 is 0 Å². The molecule has 110 valence electrons. The number of aliphatic hydroxyl groups excluding tert-OH is 2. The fourth-order valence-corrected chi connectivity index (χ4v) is 3.34. The van der Waals surface area contributed by atoms with E-state index in [4.69, 9.17) is 4.74 Å². The Labute approximate surface area is 112 Å². The van der Waals surface area contributed by atoms with Gasteiger partial charge in [0.1, 0.15) is 11.5 Å². The van der Waals surface area contributed by atoms with Gasteiger partial charge in [0.05, 0.1) is 12.1 Å². The minimum Gasteiger partial charge on any atom is -0.390 e. The third-order valence-corrected chi connectivity index (χ3v) is 4.49. The van der Waals surface area contributed by atoms with E-state index in [0.717, 1.165) is 11.8 Å². The van der Waals surface area contributed by atoms with E-state index < -0.39 is 41.9 Å². The van der Waals surface area contributed by atoms with E-state index in [0.29, 0.717) is 5.17 Å². The summed E-state index contributed by atoms with van der Waals surface area (Å²) < 4.78 is 42.8. The molecule has 9 heteroatoms. The number of hydrogen-bond donors (Lipinski definition) is 3. The van der Waals surface area contributed by atoms with Gasteiger partial charge in [0.25, 0.3) is 0 Å². The number of aliphatic hydroxyl groups is 2. The van der Waals surface area contributed by atoms with Gasteiger partial charge in [-0.3, -0.25) is 4.99 Å². The first-order valence-electron chi connectivity index (χ1n) is 5.76. The maximum Gasteiger partial charge on any atom is 0.417 e. The van der Waals surface area contributed by atoms with Crippen LogP contribution in [0.15, 0.2) is 4.99 Å². The monoisotopic (exact) mass is 300 g/mol. The van der Waals surface area contributed by atoms with Gasteiger partial charge in [0.15, 0.2) is 11.3 Å². The zero-order valence-corrected chi connectivity index (χ0v) is 11.1. The average Bonchev–Trinajstić information content (AvgIpc) is 2.75. The highest BCUT2D eigenvalue weighted by Gasteiger charge is 2.54. The van der Waals surface area contributed by atoms with Crippen molar-refractivity contribution in [3.63, 3.8) is 0 Å². The molecule has 0 aromatic carbocycles. The second-order valence-electron chi connectivity index (χ2n) is 4.60. The van der Waals surface area contributed by atoms with Crippen LogP contribution < -0.4 is 5.32 Å². The minimum atomic E-state index is -4.83. The van der Waals surface area contributed by atoms with Gasteiger partial charge < -0.3 is 20.3 Å². The molecule has 6 atom stereocenters. The van der Waals surface area contributed by atoms with Crippen LogP contribution in [-0.4, -0.2) is 58.4 Å². The van der Waals surface area contributed by atoms with Crippen molar-refractivity contribution >= 4 is 16.9 Å². The molecule has 3 N–H and O–H groups in total. The van der Waals surface area contributed by atoms with Crippen LogP contribution in [-0.2, 0) is 4.74 Å². The molecule has 0 aromatic heterocycles. The predicted molar refractivity (Wildman–Crippen MR) is 63.8 cm³/mol. The van der Waals surface area contributed by atoms with Crippen molar-refractivity contribution in [2.75, 3.05) is 7.05 Å². The molecule has 1 saturated heterocycles. The molecule has 19 heavy (non-hydrogen) atoms. The number of hydrogen-bond acceptors (Lipinski definition) is 6. The molecule has 0 aromatic rings. The molecular weight excluding hydrogens is 285 g/mol. The van der Waals surface area contributed by atoms with Crippen molar-refractivity contribution in [1.29, 1.82) is 0 Å². The second kappa shape index (κ2) is 5.12. The smallest absolute Gasteiger partial charge is 0.390 e. The summed E-state index contributed by atoms with van der Waals surface area (Å²) in [6, 6.07) is -0.417. The molecule has 5 nitrogen and oxygen atoms in total. The van der Waals surface area contributed by atoms with Crippen LogP contribution >= 0.6 is 11.8 Å². The summed E-state index contributed by atoms with van der Waals surface area (Å²) in [7, 11) is 1.65. The molecule has 1 fully saturated rings. The largest absolute Gasteiger partial charge is 0.417 e. The summed E-state index contributed by atoms with van der Waals surface area (Å²) in [5.41, 5.74) is -0.622. The van der Waals surface area contributed by atoms with Crippen LogP contribution in [0.25, 0.3) is 0 Å². The number of thioether (sulfide) groups is 1. The Morgan fingerprint density at radius 1 is 1.47 bits per heavy atom. The highest BCUT2D eigenvalue weighted by molar-refractivity contribution is 8.14. The predicted octanol–water partition coefficient (Wildman–Crippen LogP) is 0.322. The zero-order valence-electron chi connectivity index (χ0n) is 10.3. The van der Waals surface area contributed by atoms with Crippen molar-refractivity contribution in [2.24, 2.45) is 10.9 Å². The van der Waals surface area contributed by atoms with Crippen molar-refractivity contribution in [3.05, 3.63) is 0 Å². The van der Waals surface area contributed by atoms with Crippen molar-refractivity contribution < 1.29 is 28.1 Å². The number of amidine groups is 1. The number of nitrogens with one attached hydrogen (secondary N) is 1. The van der Waals surface area contributed by atoms with Crippen LogP contribution in [0.1, 0.15) is 6.92 Å². The third kappa shape index (κ3) is 2.69. The summed E-state index contributed by atoms with van der Waals surface area (Å²) in [6.45, 7) is 1.60. The number of rotatable bonds is 1. The molecular formula is C10H15F3N2O3S. The van der Waals surface area contributed by atoms with Crippen LogP contribution in [0.5, 0.6) is 0 Å². The van der Waals surface area contributed by atoms with Gasteiger partial charge >= 0.3 is 6.18 Å². The van der Waals surface area contributed by atoms with E-state index in [1.165, 1.54) is 0 Å². The minimum absolute atomic E-state index is 0.417. The molecule has 2 heterocycles. The van der Waals surface area contributed by atoms with Crippen molar-refractivity contribution in [2.45, 2.75) is 42.9 Å². The summed E-state index contributed by atoms with van der Waals surface area (Å²) >= 11 is 1.16. The third-order valence-electron chi connectivity index (χ3n) is 3.34. The molecule has 0 saturated carbocycles. The van der Waals surface area contributed by atoms with Crippen LogP contribution in [0, 0.1) is 5.92 Å². The van der Waals surface area contributed by atoms with Gasteiger partial charge in [0, 0.05) is 13.0 Å². The lowest BCUT2D eigenvalue weighted by molar-refractivity contribution is -0.266. The Morgan fingerprint density at radius 2 is 2.11 bits per heavy atom. The molecule has 0 amide bonds. The molecule has 0 bridgehead atoms. The number of ether oxygens (including phenoxy) is 1. The van der Waals surface area contributed by atoms with Crippen LogP contribution in [0.4, 0.5) is 13.2 Å². The Hall–Kier alpha value is -0.510. The van der Waals surface area contributed by atoms with E-state index in [2.05, 4.69) is 10.3 Å². The molecule has 0 spiro atoms. The van der Waals surface area contributed by atoms with E-state index in [1.54, 1.807) is 14.0 Å². The second-order valence-corrected chi connectivity index (χ2v) is 5.68. The van der Waals surface area contributed by atoms with E-state index in [9.17, 15) is 23.4 Å². The Kier molecular flexibility index (Phi) is 4.01. The highest BCUT2D eigenvalue weighted by Crippen LogP contribution is 2.41. The first-order chi connectivity index (χ1) is 8.75. The van der Waals surface area contributed by atoms with Gasteiger partial charge in [-0.25, -0.2) is 0 Å². The summed E-state index contributed by atoms with van der Waals surface area (Å²) in [5, 5.41) is 22.5. The molecule has 0 radical (unpaired) electrons. The lowest BCUT2D eigenvalue weighted by Gasteiger charge is -2.41. The normalized spacial score (nSPS) is 40.6. The maximum atomic E-state index is 12.5. The lowest BCUT2D eigenvalue weighted by atomic mass is 9.87. The van der Waals surface area contributed by atoms with Crippen molar-refractivity contribution in [3.8, 4) is 0 Å². The van der Waals surface area contributed by atoms with Crippen molar-refractivity contribution in [1.82, 2.24) is 5.32 Å². The Balaban J connectivity index is 2.16. The zero-order chi connectivity index (χ0) is 14.4. The highest BCUT2D eigenvalue weighted by atomic mass is 32.2. The SMILES string of the molecule is CNC1=N[C@@H]2[C@H](C)[C@H](O)[C@@H]([C@H](O)C(F)(F)F)O[C@@H]2S1.